The highest BCUT2D eigenvalue weighted by Crippen LogP contribution is 2.38. The maximum absolute atomic E-state index is 12.2. The summed E-state index contributed by atoms with van der Waals surface area (Å²) in [5, 5.41) is 273. The van der Waals surface area contributed by atoms with E-state index >= 15 is 0 Å². The van der Waals surface area contributed by atoms with Crippen LogP contribution < -0.4 is 5.32 Å². The maximum atomic E-state index is 12.2. The third kappa shape index (κ3) is 16.0. The molecule has 42 heteroatoms. The first-order valence-electron chi connectivity index (χ1n) is 29.2. The monoisotopic (exact) mass is 1360 g/mol. The summed E-state index contributed by atoms with van der Waals surface area (Å²) in [7, 11) is 0. The van der Waals surface area contributed by atoms with Crippen molar-refractivity contribution in [2.24, 2.45) is 0 Å². The van der Waals surface area contributed by atoms with Crippen LogP contribution in [0.2, 0.25) is 0 Å². The predicted octanol–water partition coefficient (Wildman–Crippen LogP) is -18.3. The molecule has 0 aromatic carbocycles. The lowest BCUT2D eigenvalue weighted by molar-refractivity contribution is -0.398. The molecule has 0 bridgehead atoms. The molecule has 0 aliphatic carbocycles. The van der Waals surface area contributed by atoms with Crippen molar-refractivity contribution in [1.29, 1.82) is 0 Å². The number of rotatable bonds is 23. The van der Waals surface area contributed by atoms with E-state index in [1.807, 2.05) is 0 Å². The van der Waals surface area contributed by atoms with Gasteiger partial charge in [0.1, 0.15) is 195 Å². The van der Waals surface area contributed by atoms with Gasteiger partial charge in [-0.25, -0.2) is 0 Å². The van der Waals surface area contributed by atoms with Gasteiger partial charge in [-0.05, 0) is 0 Å². The second-order valence-electron chi connectivity index (χ2n) is 23.2. The molecule has 8 aliphatic rings. The van der Waals surface area contributed by atoms with Gasteiger partial charge in [-0.1, -0.05) is 0 Å². The molecule has 0 aromatic heterocycles. The smallest absolute Gasteiger partial charge is 0.217 e. The van der Waals surface area contributed by atoms with E-state index < -0.39 is 304 Å². The number of amides is 1. The standard InChI is InChI=1S/C50H85NO41/c1-10(58)51-19-27(66)38(16(7-57)80-43(19)77)88-48-37(76)40(90-50-42(32(71)24(63)15(6-56)85-50)92-47-35(74)30(69)22(61)13(4-54)83-47)26(65)18(87-48)8-78-44-36(75)39(89-45-33(72)28(67)20(59)11(2-52)81-45)25(64)17(86-44)9-79-49-41(31(70)23(62)14(5-55)84-49)91-46-34(73)29(68)21(60)12(3-53)82-46/h11-50,52-57,59-77H,2-9H2,1H3,(H,51,58)/t11-,12-,13-,14-,15-,16-,17-,18-,19-,20-,21-,22-,23-,24-,25-,26-,27-,28+,29+,30+,31+,32+,33+,34+,35+,36+,37+,38-,39+,40+,41+,42+,43?,44+,45-,46-,47-,48+,49+,50-/m1/s1. The van der Waals surface area contributed by atoms with Gasteiger partial charge in [0.15, 0.2) is 50.3 Å². The van der Waals surface area contributed by atoms with Crippen LogP contribution in [-0.2, 0) is 75.8 Å². The lowest BCUT2D eigenvalue weighted by Crippen LogP contribution is -2.69. The van der Waals surface area contributed by atoms with Gasteiger partial charge in [-0.2, -0.15) is 0 Å². The second kappa shape index (κ2) is 32.7. The van der Waals surface area contributed by atoms with E-state index in [0.29, 0.717) is 0 Å². The van der Waals surface area contributed by atoms with Crippen LogP contribution in [0.15, 0.2) is 0 Å². The number of carbonyl (C=O) groups is 1. The lowest BCUT2D eigenvalue weighted by atomic mass is 9.95. The highest BCUT2D eigenvalue weighted by molar-refractivity contribution is 5.73. The molecule has 8 saturated heterocycles. The summed E-state index contributed by atoms with van der Waals surface area (Å²) in [5.41, 5.74) is 0. The summed E-state index contributed by atoms with van der Waals surface area (Å²) in [6.45, 7) is -7.29. The summed E-state index contributed by atoms with van der Waals surface area (Å²) in [6, 6.07) is -1.72. The molecule has 92 heavy (non-hydrogen) atoms. The number of carbonyl (C=O) groups excluding carboxylic acids is 1. The number of hydrogen-bond donors (Lipinski definition) is 26. The highest BCUT2D eigenvalue weighted by atomic mass is 16.8. The van der Waals surface area contributed by atoms with Crippen LogP contribution in [0.25, 0.3) is 0 Å². The highest BCUT2D eigenvalue weighted by Gasteiger charge is 2.59. The first-order valence-corrected chi connectivity index (χ1v) is 29.2. The van der Waals surface area contributed by atoms with E-state index in [1.54, 1.807) is 0 Å². The molecular weight excluding hydrogens is 1270 g/mol. The molecule has 8 rings (SSSR count). The summed E-state index contributed by atoms with van der Waals surface area (Å²) in [6.07, 6.45) is -80.3. The molecule has 26 N–H and O–H groups in total. The van der Waals surface area contributed by atoms with E-state index in [4.69, 9.17) is 71.1 Å². The predicted molar refractivity (Wildman–Crippen MR) is 276 cm³/mol. The molecular formula is C50H85NO41. The molecule has 8 aliphatic heterocycles. The fraction of sp³-hybridized carbons (Fsp3) is 0.980. The fourth-order valence-electron chi connectivity index (χ4n) is 11.6. The van der Waals surface area contributed by atoms with Crippen molar-refractivity contribution >= 4 is 5.91 Å². The molecule has 0 aromatic rings. The minimum Gasteiger partial charge on any atom is -0.394 e. The maximum Gasteiger partial charge on any atom is 0.217 e. The Morgan fingerprint density at radius 3 is 0.978 bits per heavy atom. The quantitative estimate of drug-likeness (QED) is 0.0452. The van der Waals surface area contributed by atoms with Crippen molar-refractivity contribution < 1.29 is 204 Å². The van der Waals surface area contributed by atoms with Crippen molar-refractivity contribution in [3.8, 4) is 0 Å². The molecule has 8 fully saturated rings. The SMILES string of the molecule is CC(=O)N[C@H]1C(O)O[C@H](CO)[C@@H](O[C@@H]2O[C@H](CO[C@H]3O[C@H](CO[C@H]4O[C@H](CO)[C@@H](O)[C@H](O)[C@@H]4O[C@H]4O[C@H](CO)[C@@H](O)[C@H](O)[C@@H]4O)[C@@H](O)[C@H](O[C@H]4O[C@H](CO)[C@@H](O)[C@H](O)[C@@H]4O)[C@@H]3O)[C@@H](O)[C@H](O[C@H]3O[C@H](CO)[C@@H](O)[C@H](O)[C@@H]3O[C@H]3O[C@H](CO)[C@@H](O)[C@H](O)[C@@H]3O)[C@@H]2O)[C@@H]1O. The van der Waals surface area contributed by atoms with Gasteiger partial charge in [0.2, 0.25) is 5.91 Å². The molecule has 0 spiro atoms. The van der Waals surface area contributed by atoms with Crippen molar-refractivity contribution in [1.82, 2.24) is 5.32 Å². The van der Waals surface area contributed by atoms with Gasteiger partial charge < -0.3 is 204 Å². The van der Waals surface area contributed by atoms with E-state index in [0.717, 1.165) is 6.92 Å². The van der Waals surface area contributed by atoms with Gasteiger partial charge in [0.05, 0.1) is 52.9 Å². The van der Waals surface area contributed by atoms with Crippen molar-refractivity contribution in [3.05, 3.63) is 0 Å². The largest absolute Gasteiger partial charge is 0.394 e. The Kier molecular flexibility index (Phi) is 26.9. The zero-order valence-corrected chi connectivity index (χ0v) is 48.5. The molecule has 1 amide bonds. The van der Waals surface area contributed by atoms with Crippen LogP contribution in [0.5, 0.6) is 0 Å². The van der Waals surface area contributed by atoms with E-state index in [2.05, 4.69) is 5.32 Å². The van der Waals surface area contributed by atoms with Crippen molar-refractivity contribution in [2.45, 2.75) is 253 Å². The molecule has 40 atom stereocenters. The molecule has 0 saturated carbocycles. The van der Waals surface area contributed by atoms with Crippen molar-refractivity contribution in [2.75, 3.05) is 52.9 Å². The van der Waals surface area contributed by atoms with Crippen LogP contribution >= 0.6 is 0 Å². The zero-order valence-electron chi connectivity index (χ0n) is 48.5. The van der Waals surface area contributed by atoms with Gasteiger partial charge >= 0.3 is 0 Å². The minimum absolute atomic E-state index is 0.822. The number of nitrogens with one attached hydrogen (secondary N) is 1. The Balaban J connectivity index is 1.11. The Bertz CT molecular complexity index is 2260. The Hall–Kier alpha value is -2.13. The van der Waals surface area contributed by atoms with Crippen LogP contribution in [0.3, 0.4) is 0 Å². The third-order valence-electron chi connectivity index (χ3n) is 17.0. The first kappa shape index (κ1) is 75.6. The normalized spacial score (nSPS) is 52.2. The molecule has 536 valence electrons. The van der Waals surface area contributed by atoms with Crippen molar-refractivity contribution in [3.63, 3.8) is 0 Å². The van der Waals surface area contributed by atoms with Gasteiger partial charge in [-0.15, -0.1) is 0 Å². The van der Waals surface area contributed by atoms with E-state index in [9.17, 15) is 132 Å². The summed E-state index contributed by atoms with van der Waals surface area (Å²) < 4.78 is 86.1. The minimum atomic E-state index is -2.42. The van der Waals surface area contributed by atoms with Gasteiger partial charge in [0, 0.05) is 6.92 Å². The van der Waals surface area contributed by atoms with Gasteiger partial charge in [-0.3, -0.25) is 4.79 Å². The Morgan fingerprint density at radius 2 is 0.576 bits per heavy atom. The van der Waals surface area contributed by atoms with Crippen LogP contribution in [0.1, 0.15) is 6.92 Å². The Labute approximate surface area is 519 Å². The average molecular weight is 1360 g/mol. The topological polar surface area (TPSA) is 673 Å². The number of hydrogen-bond acceptors (Lipinski definition) is 41. The fourth-order valence-corrected chi connectivity index (χ4v) is 11.6. The lowest BCUT2D eigenvalue weighted by Gasteiger charge is -2.50. The van der Waals surface area contributed by atoms with E-state index in [-0.39, 0.29) is 0 Å². The molecule has 1 unspecified atom stereocenters. The summed E-state index contributed by atoms with van der Waals surface area (Å²) in [5.74, 6) is -0.822. The third-order valence-corrected chi connectivity index (χ3v) is 17.0. The number of aliphatic hydroxyl groups is 25. The number of aliphatic hydroxyl groups excluding tert-OH is 25. The van der Waals surface area contributed by atoms with Gasteiger partial charge in [0.25, 0.3) is 0 Å². The molecule has 8 heterocycles. The average Bonchev–Trinajstić information content (AvgIpc) is 0.797. The summed E-state index contributed by atoms with van der Waals surface area (Å²) in [4.78, 5) is 12.2. The first-order chi connectivity index (χ1) is 43.5. The van der Waals surface area contributed by atoms with E-state index in [1.165, 1.54) is 0 Å². The zero-order chi connectivity index (χ0) is 67.6. The van der Waals surface area contributed by atoms with Crippen LogP contribution in [0, 0.1) is 0 Å². The number of ether oxygens (including phenoxy) is 15. The van der Waals surface area contributed by atoms with Crippen LogP contribution in [0.4, 0.5) is 0 Å². The Morgan fingerprint density at radius 1 is 0.283 bits per heavy atom. The second-order valence-corrected chi connectivity index (χ2v) is 23.2. The molecule has 42 nitrogen and oxygen atoms in total. The summed E-state index contributed by atoms with van der Waals surface area (Å²) >= 11 is 0. The molecule has 0 radical (unpaired) electrons. The van der Waals surface area contributed by atoms with Crippen LogP contribution in [-0.4, -0.2) is 432 Å².